The van der Waals surface area contributed by atoms with Gasteiger partial charge in [-0.25, -0.2) is 9.59 Å². The van der Waals surface area contributed by atoms with Gasteiger partial charge in [0.05, 0.1) is 6.61 Å². The van der Waals surface area contributed by atoms with Crippen LogP contribution in [0.5, 0.6) is 0 Å². The average molecular weight is 592 g/mol. The summed E-state index contributed by atoms with van der Waals surface area (Å²) >= 11 is 0. The van der Waals surface area contributed by atoms with Gasteiger partial charge in [0.2, 0.25) is 11.8 Å². The minimum Gasteiger partial charge on any atom is -0.481 e. The normalized spacial score (nSPS) is 24.5. The highest BCUT2D eigenvalue weighted by molar-refractivity contribution is 5.93. The Bertz CT molecular complexity index is 873. The number of carbonyl (C=O) groups excluding carboxylic acids is 4. The van der Waals surface area contributed by atoms with Crippen LogP contribution in [0.2, 0.25) is 0 Å². The molecule has 1 fully saturated rings. The molecule has 236 valence electrons. The lowest BCUT2D eigenvalue weighted by atomic mass is 9.96. The van der Waals surface area contributed by atoms with Crippen LogP contribution in [0.3, 0.4) is 0 Å². The van der Waals surface area contributed by atoms with Crippen molar-refractivity contribution >= 4 is 29.7 Å². The summed E-state index contributed by atoms with van der Waals surface area (Å²) in [6.07, 6.45) is -2.67. The first kappa shape index (κ1) is 36.3. The molecule has 0 aliphatic carbocycles. The Morgan fingerprint density at radius 2 is 1.66 bits per heavy atom. The maximum Gasteiger partial charge on any atom is 0.336 e. The summed E-state index contributed by atoms with van der Waals surface area (Å²) in [5, 5.41) is 46.8. The maximum atomic E-state index is 12.7. The highest BCUT2D eigenvalue weighted by atomic mass is 16.6. The lowest BCUT2D eigenvalue weighted by molar-refractivity contribution is -0.266. The van der Waals surface area contributed by atoms with Gasteiger partial charge < -0.3 is 50.6 Å². The van der Waals surface area contributed by atoms with Crippen molar-refractivity contribution in [1.82, 2.24) is 16.0 Å². The fourth-order valence-electron chi connectivity index (χ4n) is 4.16. The number of carboxylic acid groups (broad SMARTS) is 1. The van der Waals surface area contributed by atoms with Crippen LogP contribution in [0.1, 0.15) is 72.6 Å². The monoisotopic (exact) mass is 591 g/mol. The number of unbranched alkanes of at least 4 members (excludes halogenated alkanes) is 4. The first-order valence-electron chi connectivity index (χ1n) is 13.9. The molecule has 15 heteroatoms. The van der Waals surface area contributed by atoms with Crippen molar-refractivity contribution in [3.63, 3.8) is 0 Å². The number of amides is 2. The van der Waals surface area contributed by atoms with E-state index in [4.69, 9.17) is 19.3 Å². The van der Waals surface area contributed by atoms with Crippen molar-refractivity contribution in [3.05, 3.63) is 0 Å². The number of nitrogens with one attached hydrogen (secondary N) is 3. The van der Waals surface area contributed by atoms with Crippen LogP contribution in [0.4, 0.5) is 0 Å². The highest BCUT2D eigenvalue weighted by Gasteiger charge is 2.47. The molecule has 0 aromatic rings. The van der Waals surface area contributed by atoms with Crippen molar-refractivity contribution in [2.75, 3.05) is 13.2 Å². The van der Waals surface area contributed by atoms with Gasteiger partial charge in [0.15, 0.2) is 6.29 Å². The molecule has 1 aliphatic heterocycles. The molecule has 0 unspecified atom stereocenters. The largest absolute Gasteiger partial charge is 0.481 e. The van der Waals surface area contributed by atoms with Gasteiger partial charge in [0.1, 0.15) is 42.5 Å². The molecule has 1 rings (SSSR count). The minimum absolute atomic E-state index is 0.0917. The predicted molar refractivity (Wildman–Crippen MR) is 142 cm³/mol. The zero-order chi connectivity index (χ0) is 31.1. The van der Waals surface area contributed by atoms with Gasteiger partial charge in [0.25, 0.3) is 0 Å². The van der Waals surface area contributed by atoms with Crippen LogP contribution >= 0.6 is 0 Å². The number of ether oxygens (including phenoxy) is 3. The number of esters is 2. The van der Waals surface area contributed by atoms with Crippen molar-refractivity contribution in [2.45, 2.75) is 121 Å². The molecule has 2 amide bonds. The topological polar surface area (TPSA) is 230 Å². The molecule has 1 aliphatic rings. The number of aliphatic hydroxyl groups excluding tert-OH is 3. The predicted octanol–water partition coefficient (Wildman–Crippen LogP) is -1.30. The second kappa shape index (κ2) is 18.7. The molecule has 0 radical (unpaired) electrons. The van der Waals surface area contributed by atoms with E-state index in [0.29, 0.717) is 6.54 Å². The lowest BCUT2D eigenvalue weighted by Crippen LogP contribution is -2.65. The first-order chi connectivity index (χ1) is 19.3. The van der Waals surface area contributed by atoms with Crippen molar-refractivity contribution < 1.29 is 58.6 Å². The molecule has 0 saturated carbocycles. The summed E-state index contributed by atoms with van der Waals surface area (Å²) in [6, 6.07) is -3.62. The molecule has 41 heavy (non-hydrogen) atoms. The fraction of sp³-hybridized carbons (Fsp3) is 0.808. The number of rotatable bonds is 18. The molecule has 15 nitrogen and oxygen atoms in total. The molecule has 1 saturated heterocycles. The van der Waals surface area contributed by atoms with Gasteiger partial charge in [-0.1, -0.05) is 32.6 Å². The molecule has 8 atom stereocenters. The van der Waals surface area contributed by atoms with E-state index < -0.39 is 85.2 Å². The molecule has 0 spiro atoms. The van der Waals surface area contributed by atoms with Crippen LogP contribution in [-0.2, 0) is 38.2 Å². The molecule has 7 N–H and O–H groups in total. The van der Waals surface area contributed by atoms with E-state index in [1.165, 1.54) is 13.8 Å². The molecular formula is C26H45N3O12. The SMILES string of the molecule is CCCCCCCN[C@H](CCC(=O)O)C(=O)OC(=O)[C@H](C)NC(=O)[C@@H](C)O[C@H]1[C@H](O)[C@@H](CO)O[C@H](O)[C@@H]1NC(C)=O. The fourth-order valence-corrected chi connectivity index (χ4v) is 4.16. The second-order valence-corrected chi connectivity index (χ2v) is 10.0. The molecule has 0 aromatic carbocycles. The number of carbonyl (C=O) groups is 5. The van der Waals surface area contributed by atoms with Gasteiger partial charge in [-0.15, -0.1) is 0 Å². The van der Waals surface area contributed by atoms with E-state index in [1.807, 2.05) is 0 Å². The standard InChI is InChI=1S/C26H45N3O12/c1-5-6-7-8-9-12-27-17(10-11-19(32)33)25(37)41-24(36)14(2)28-23(35)15(3)39-22-20(29-16(4)31)26(38)40-18(13-30)21(22)34/h14-15,17-18,20-22,26-27,30,34,38H,5-13H2,1-4H3,(H,28,35)(H,29,31)(H,32,33)/t14-,15+,17+,18+,20+,21+,22+,26-/m0/s1. The van der Waals surface area contributed by atoms with E-state index in [-0.39, 0.29) is 12.8 Å². The Hall–Kier alpha value is -2.69. The van der Waals surface area contributed by atoms with Crippen LogP contribution in [0.15, 0.2) is 0 Å². The van der Waals surface area contributed by atoms with Crippen LogP contribution in [0.25, 0.3) is 0 Å². The Kier molecular flexibility index (Phi) is 16.6. The summed E-state index contributed by atoms with van der Waals surface area (Å²) in [6.45, 7) is 5.56. The van der Waals surface area contributed by atoms with Crippen LogP contribution < -0.4 is 16.0 Å². The second-order valence-electron chi connectivity index (χ2n) is 10.0. The maximum absolute atomic E-state index is 12.7. The smallest absolute Gasteiger partial charge is 0.336 e. The minimum atomic E-state index is -1.65. The number of hydrogen-bond donors (Lipinski definition) is 7. The van der Waals surface area contributed by atoms with Crippen LogP contribution in [0, 0.1) is 0 Å². The zero-order valence-corrected chi connectivity index (χ0v) is 24.0. The zero-order valence-electron chi connectivity index (χ0n) is 24.0. The Labute approximate surface area is 239 Å². The van der Waals surface area contributed by atoms with E-state index in [9.17, 15) is 39.3 Å². The third kappa shape index (κ3) is 12.8. The van der Waals surface area contributed by atoms with Crippen molar-refractivity contribution in [1.29, 1.82) is 0 Å². The number of hydrogen-bond acceptors (Lipinski definition) is 12. The Morgan fingerprint density at radius 1 is 1.00 bits per heavy atom. The van der Waals surface area contributed by atoms with E-state index in [0.717, 1.165) is 39.0 Å². The summed E-state index contributed by atoms with van der Waals surface area (Å²) in [7, 11) is 0. The Morgan fingerprint density at radius 3 is 2.24 bits per heavy atom. The third-order valence-corrected chi connectivity index (χ3v) is 6.49. The van der Waals surface area contributed by atoms with Gasteiger partial charge in [-0.3, -0.25) is 14.4 Å². The van der Waals surface area contributed by atoms with Crippen molar-refractivity contribution in [3.8, 4) is 0 Å². The number of carboxylic acids is 1. The lowest BCUT2D eigenvalue weighted by Gasteiger charge is -2.43. The van der Waals surface area contributed by atoms with E-state index in [1.54, 1.807) is 0 Å². The summed E-state index contributed by atoms with van der Waals surface area (Å²) in [5.41, 5.74) is 0. The van der Waals surface area contributed by atoms with E-state index in [2.05, 4.69) is 22.9 Å². The molecule has 1 heterocycles. The van der Waals surface area contributed by atoms with Crippen LogP contribution in [-0.4, -0.2) is 112 Å². The quantitative estimate of drug-likeness (QED) is 0.0559. The Balaban J connectivity index is 2.74. The van der Waals surface area contributed by atoms with Gasteiger partial charge >= 0.3 is 17.9 Å². The number of aliphatic carboxylic acids is 1. The summed E-state index contributed by atoms with van der Waals surface area (Å²) in [5.74, 6) is -4.58. The van der Waals surface area contributed by atoms with Gasteiger partial charge in [-0.2, -0.15) is 0 Å². The van der Waals surface area contributed by atoms with E-state index >= 15 is 0 Å². The first-order valence-corrected chi connectivity index (χ1v) is 13.9. The van der Waals surface area contributed by atoms with Gasteiger partial charge in [-0.05, 0) is 33.2 Å². The van der Waals surface area contributed by atoms with Gasteiger partial charge in [0, 0.05) is 13.3 Å². The summed E-state index contributed by atoms with van der Waals surface area (Å²) < 4.78 is 15.6. The molecular weight excluding hydrogens is 546 g/mol. The van der Waals surface area contributed by atoms with Crippen molar-refractivity contribution in [2.24, 2.45) is 0 Å². The molecule has 0 aromatic heterocycles. The summed E-state index contributed by atoms with van der Waals surface area (Å²) in [4.78, 5) is 60.4. The average Bonchev–Trinajstić information content (AvgIpc) is 2.90. The highest BCUT2D eigenvalue weighted by Crippen LogP contribution is 2.23. The number of aliphatic hydroxyl groups is 3. The third-order valence-electron chi connectivity index (χ3n) is 6.49. The molecule has 0 bridgehead atoms.